The van der Waals surface area contributed by atoms with Gasteiger partial charge in [-0.2, -0.15) is 0 Å². The molecule has 102 valence electrons. The lowest BCUT2D eigenvalue weighted by Gasteiger charge is -2.07. The molecule has 0 saturated heterocycles. The van der Waals surface area contributed by atoms with E-state index in [2.05, 4.69) is 15.0 Å². The summed E-state index contributed by atoms with van der Waals surface area (Å²) in [6.07, 6.45) is 1.32. The summed E-state index contributed by atoms with van der Waals surface area (Å²) in [6.45, 7) is 1.91. The number of esters is 1. The van der Waals surface area contributed by atoms with E-state index >= 15 is 0 Å². The highest BCUT2D eigenvalue weighted by atomic mass is 16.5. The molecule has 1 heterocycles. The molecule has 1 amide bonds. The first-order valence-corrected chi connectivity index (χ1v) is 6.03. The van der Waals surface area contributed by atoms with Gasteiger partial charge in [0.1, 0.15) is 5.69 Å². The highest BCUT2D eigenvalue weighted by Crippen LogP contribution is 2.14. The Kier molecular flexibility index (Phi) is 4.10. The molecule has 0 radical (unpaired) electrons. The molecule has 0 aliphatic heterocycles. The van der Waals surface area contributed by atoms with Gasteiger partial charge in [0.25, 0.3) is 5.91 Å². The number of para-hydroxylation sites is 1. The van der Waals surface area contributed by atoms with Gasteiger partial charge < -0.3 is 10.1 Å². The quantitative estimate of drug-likeness (QED) is 0.870. The second kappa shape index (κ2) is 5.97. The largest absolute Gasteiger partial charge is 0.465 e. The molecule has 0 aliphatic rings. The summed E-state index contributed by atoms with van der Waals surface area (Å²) < 4.78 is 4.57. The Balaban J connectivity index is 2.14. The number of pyridine rings is 1. The summed E-state index contributed by atoms with van der Waals surface area (Å²) in [6, 6.07) is 10.5. The SMILES string of the molecule is COC(=O)c1ccc(C(=O)Nc2ccccc2C)nc1. The monoisotopic (exact) mass is 270 g/mol. The van der Waals surface area contributed by atoms with E-state index in [1.165, 1.54) is 25.4 Å². The number of aryl methyl sites for hydroxylation is 1. The fourth-order valence-corrected chi connectivity index (χ4v) is 1.67. The van der Waals surface area contributed by atoms with Crippen LogP contribution in [0.25, 0.3) is 0 Å². The molecule has 0 saturated carbocycles. The van der Waals surface area contributed by atoms with Crippen LogP contribution >= 0.6 is 0 Å². The molecule has 0 aliphatic carbocycles. The molecule has 0 atom stereocenters. The highest BCUT2D eigenvalue weighted by molar-refractivity contribution is 6.03. The van der Waals surface area contributed by atoms with Crippen molar-refractivity contribution in [1.82, 2.24) is 4.98 Å². The third kappa shape index (κ3) is 3.00. The number of rotatable bonds is 3. The first-order chi connectivity index (χ1) is 9.61. The van der Waals surface area contributed by atoms with Gasteiger partial charge in [-0.15, -0.1) is 0 Å². The van der Waals surface area contributed by atoms with E-state index in [4.69, 9.17) is 0 Å². The molecular weight excluding hydrogens is 256 g/mol. The van der Waals surface area contributed by atoms with Gasteiger partial charge in [0.2, 0.25) is 0 Å². The van der Waals surface area contributed by atoms with Crippen LogP contribution in [0.3, 0.4) is 0 Å². The second-order valence-electron chi connectivity index (χ2n) is 4.19. The van der Waals surface area contributed by atoms with Gasteiger partial charge in [-0.1, -0.05) is 18.2 Å². The van der Waals surface area contributed by atoms with E-state index in [1.54, 1.807) is 0 Å². The molecule has 0 spiro atoms. The van der Waals surface area contributed by atoms with Gasteiger partial charge in [0, 0.05) is 11.9 Å². The number of benzene rings is 1. The number of ether oxygens (including phenoxy) is 1. The molecule has 1 aromatic carbocycles. The summed E-state index contributed by atoms with van der Waals surface area (Å²) >= 11 is 0. The summed E-state index contributed by atoms with van der Waals surface area (Å²) in [5.74, 6) is -0.806. The van der Waals surface area contributed by atoms with Gasteiger partial charge in [-0.25, -0.2) is 4.79 Å². The highest BCUT2D eigenvalue weighted by Gasteiger charge is 2.11. The fraction of sp³-hybridized carbons (Fsp3) is 0.133. The molecule has 2 rings (SSSR count). The third-order valence-electron chi connectivity index (χ3n) is 2.81. The first-order valence-electron chi connectivity index (χ1n) is 6.03. The number of aromatic nitrogens is 1. The molecule has 0 bridgehead atoms. The Hall–Kier alpha value is -2.69. The van der Waals surface area contributed by atoms with Gasteiger partial charge >= 0.3 is 5.97 Å². The molecule has 5 nitrogen and oxygen atoms in total. The molecule has 0 fully saturated rings. The number of anilines is 1. The number of amides is 1. The lowest BCUT2D eigenvalue weighted by atomic mass is 10.2. The number of nitrogens with zero attached hydrogens (tertiary/aromatic N) is 1. The fourth-order valence-electron chi connectivity index (χ4n) is 1.67. The Bertz CT molecular complexity index is 636. The van der Waals surface area contributed by atoms with Crippen molar-refractivity contribution in [3.05, 3.63) is 59.4 Å². The number of hydrogen-bond acceptors (Lipinski definition) is 4. The lowest BCUT2D eigenvalue weighted by Crippen LogP contribution is -2.15. The number of nitrogens with one attached hydrogen (secondary N) is 1. The zero-order valence-electron chi connectivity index (χ0n) is 11.2. The van der Waals surface area contributed by atoms with Crippen LogP contribution in [0.4, 0.5) is 5.69 Å². The van der Waals surface area contributed by atoms with E-state index in [0.717, 1.165) is 11.3 Å². The molecule has 20 heavy (non-hydrogen) atoms. The van der Waals surface area contributed by atoms with Crippen LogP contribution in [-0.4, -0.2) is 24.0 Å². The average molecular weight is 270 g/mol. The first kappa shape index (κ1) is 13.7. The van der Waals surface area contributed by atoms with Crippen molar-refractivity contribution in [2.75, 3.05) is 12.4 Å². The Labute approximate surface area is 116 Å². The zero-order valence-corrected chi connectivity index (χ0v) is 11.2. The zero-order chi connectivity index (χ0) is 14.5. The molecule has 2 aromatic rings. The van der Waals surface area contributed by atoms with Gasteiger partial charge in [0.05, 0.1) is 12.7 Å². The summed E-state index contributed by atoms with van der Waals surface area (Å²) in [5.41, 5.74) is 2.24. The molecular formula is C15H14N2O3. The van der Waals surface area contributed by atoms with E-state index in [0.29, 0.717) is 5.56 Å². The predicted molar refractivity (Wildman–Crippen MR) is 74.7 cm³/mol. The number of carbonyl (C=O) groups excluding carboxylic acids is 2. The minimum Gasteiger partial charge on any atom is -0.465 e. The topological polar surface area (TPSA) is 68.3 Å². The molecule has 5 heteroatoms. The smallest absolute Gasteiger partial charge is 0.339 e. The molecule has 0 unspecified atom stereocenters. The van der Waals surface area contributed by atoms with E-state index in [9.17, 15) is 9.59 Å². The van der Waals surface area contributed by atoms with Crippen molar-refractivity contribution in [3.63, 3.8) is 0 Å². The summed E-state index contributed by atoms with van der Waals surface area (Å²) in [4.78, 5) is 27.3. The maximum atomic E-state index is 12.0. The van der Waals surface area contributed by atoms with Crippen molar-refractivity contribution >= 4 is 17.6 Å². The van der Waals surface area contributed by atoms with Crippen molar-refractivity contribution in [1.29, 1.82) is 0 Å². The Morgan fingerprint density at radius 2 is 1.90 bits per heavy atom. The van der Waals surface area contributed by atoms with Gasteiger partial charge in [-0.3, -0.25) is 9.78 Å². The number of carbonyl (C=O) groups is 2. The summed E-state index contributed by atoms with van der Waals surface area (Å²) in [7, 11) is 1.29. The Morgan fingerprint density at radius 1 is 1.15 bits per heavy atom. The minimum absolute atomic E-state index is 0.237. The van der Waals surface area contributed by atoms with Gasteiger partial charge in [-0.05, 0) is 30.7 Å². The third-order valence-corrected chi connectivity index (χ3v) is 2.81. The van der Waals surface area contributed by atoms with E-state index < -0.39 is 5.97 Å². The summed E-state index contributed by atoms with van der Waals surface area (Å²) in [5, 5.41) is 2.77. The maximum Gasteiger partial charge on any atom is 0.339 e. The average Bonchev–Trinajstić information content (AvgIpc) is 2.49. The molecule has 1 N–H and O–H groups in total. The van der Waals surface area contributed by atoms with Crippen LogP contribution in [0.5, 0.6) is 0 Å². The predicted octanol–water partition coefficient (Wildman–Crippen LogP) is 2.43. The molecule has 1 aromatic heterocycles. The number of methoxy groups -OCH3 is 1. The van der Waals surface area contributed by atoms with Crippen molar-refractivity contribution < 1.29 is 14.3 Å². The minimum atomic E-state index is -0.483. The Morgan fingerprint density at radius 3 is 2.50 bits per heavy atom. The van der Waals surface area contributed by atoms with Gasteiger partial charge in [0.15, 0.2) is 0 Å². The van der Waals surface area contributed by atoms with Crippen LogP contribution < -0.4 is 5.32 Å². The lowest BCUT2D eigenvalue weighted by molar-refractivity contribution is 0.0600. The van der Waals surface area contributed by atoms with Crippen molar-refractivity contribution in [3.8, 4) is 0 Å². The number of hydrogen-bond donors (Lipinski definition) is 1. The van der Waals surface area contributed by atoms with E-state index in [1.807, 2.05) is 31.2 Å². The normalized spacial score (nSPS) is 9.90. The van der Waals surface area contributed by atoms with E-state index in [-0.39, 0.29) is 11.6 Å². The maximum absolute atomic E-state index is 12.0. The van der Waals surface area contributed by atoms with Crippen LogP contribution in [0.1, 0.15) is 26.4 Å². The second-order valence-corrected chi connectivity index (χ2v) is 4.19. The standard InChI is InChI=1S/C15H14N2O3/c1-10-5-3-4-6-12(10)17-14(18)13-8-7-11(9-16-13)15(19)20-2/h3-9H,1-2H3,(H,17,18). The van der Waals surface area contributed by atoms with Crippen LogP contribution in [0.15, 0.2) is 42.6 Å². The van der Waals surface area contributed by atoms with Crippen LogP contribution in [0.2, 0.25) is 0 Å². The van der Waals surface area contributed by atoms with Crippen LogP contribution in [-0.2, 0) is 4.74 Å². The van der Waals surface area contributed by atoms with Crippen molar-refractivity contribution in [2.24, 2.45) is 0 Å². The van der Waals surface area contributed by atoms with Crippen molar-refractivity contribution in [2.45, 2.75) is 6.92 Å². The van der Waals surface area contributed by atoms with Crippen LogP contribution in [0, 0.1) is 6.92 Å².